The Labute approximate surface area is 259 Å². The smallest absolute Gasteiger partial charge is 0 e. The van der Waals surface area contributed by atoms with E-state index in [1.54, 1.807) is 0 Å². The van der Waals surface area contributed by atoms with E-state index in [1.165, 1.54) is 21.9 Å². The van der Waals surface area contributed by atoms with Crippen LogP contribution in [0.2, 0.25) is 0 Å². The Morgan fingerprint density at radius 2 is 0.882 bits per heavy atom. The third-order valence-electron chi connectivity index (χ3n) is 4.13. The van der Waals surface area contributed by atoms with Gasteiger partial charge in [0.15, 0.2) is 0 Å². The van der Waals surface area contributed by atoms with Crippen LogP contribution in [0.15, 0.2) is 133 Å². The van der Waals surface area contributed by atoms with Gasteiger partial charge in [-0.15, -0.1) is 16.8 Å². The Balaban J connectivity index is -0.000000375. The van der Waals surface area contributed by atoms with E-state index < -0.39 is 0 Å². The van der Waals surface area contributed by atoms with Gasteiger partial charge in [-0.25, -0.2) is 0 Å². The maximum absolute atomic E-state index is 3.17. The van der Waals surface area contributed by atoms with Crippen molar-refractivity contribution in [3.05, 3.63) is 172 Å². The summed E-state index contributed by atoms with van der Waals surface area (Å²) in [5.74, 6) is 0. The van der Waals surface area contributed by atoms with Crippen molar-refractivity contribution in [3.8, 4) is 0 Å². The van der Waals surface area contributed by atoms with Crippen molar-refractivity contribution < 1.29 is 65.4 Å². The number of hydrogen-bond donors (Lipinski definition) is 0. The van der Waals surface area contributed by atoms with E-state index in [4.69, 9.17) is 0 Å². The van der Waals surface area contributed by atoms with Crippen molar-refractivity contribution in [2.24, 2.45) is 0 Å². The van der Waals surface area contributed by atoms with Crippen LogP contribution >= 0.6 is 0 Å². The van der Waals surface area contributed by atoms with Crippen LogP contribution in [-0.2, 0) is 65.4 Å². The third-order valence-corrected chi connectivity index (χ3v) is 4.13. The number of fused-ring (bicyclic) bond motifs is 1. The molecular formula is C32H34Y2-4. The summed E-state index contributed by atoms with van der Waals surface area (Å²) < 4.78 is 0. The molecule has 0 aromatic heterocycles. The van der Waals surface area contributed by atoms with Gasteiger partial charge in [0.05, 0.1) is 0 Å². The summed E-state index contributed by atoms with van der Waals surface area (Å²) in [6, 6.07) is 50.5. The predicted octanol–water partition coefficient (Wildman–Crippen LogP) is 9.01. The van der Waals surface area contributed by atoms with Crippen LogP contribution in [0.3, 0.4) is 0 Å². The summed E-state index contributed by atoms with van der Waals surface area (Å²) in [6.45, 7) is 4.11. The molecule has 172 valence electrons. The minimum Gasteiger partial charge on any atom is -0.358 e. The van der Waals surface area contributed by atoms with E-state index in [1.807, 2.05) is 110 Å². The summed E-state index contributed by atoms with van der Waals surface area (Å²) in [7, 11) is 0. The molecule has 0 heterocycles. The van der Waals surface area contributed by atoms with Gasteiger partial charge in [-0.3, -0.25) is 0 Å². The first kappa shape index (κ1) is 37.1. The number of aryl methyl sites for hydroxylation is 2. The zero-order chi connectivity index (χ0) is 21.3. The molecule has 0 amide bonds. The van der Waals surface area contributed by atoms with Crippen molar-refractivity contribution in [3.63, 3.8) is 0 Å². The zero-order valence-corrected chi connectivity index (χ0v) is 26.5. The fourth-order valence-corrected chi connectivity index (χ4v) is 2.57. The van der Waals surface area contributed by atoms with E-state index >= 15 is 0 Å². The Hall–Kier alpha value is -1.43. The standard InChI is InChI=1S/C11H9.C7H7.2C6H6.2CH3.2Y/c1-9-5-4-7-10-6-2-3-8-11(9)10;1-7-5-3-2-4-6-7;2*1-2-4-6-5-3-1;;;;/h2-4,6-8H,1H3;2-5H,1H3;2*1-6H;2*1H3;;/q2*-1;;;2*-1;;. The second kappa shape index (κ2) is 24.7. The molecule has 0 aliphatic carbocycles. The Kier molecular flexibility index (Phi) is 27.0. The molecule has 0 spiro atoms. The maximum Gasteiger partial charge on any atom is 0 e. The first-order chi connectivity index (χ1) is 14.8. The van der Waals surface area contributed by atoms with Gasteiger partial charge in [0.1, 0.15) is 0 Å². The van der Waals surface area contributed by atoms with Gasteiger partial charge in [0, 0.05) is 65.4 Å². The van der Waals surface area contributed by atoms with E-state index in [-0.39, 0.29) is 80.3 Å². The van der Waals surface area contributed by atoms with E-state index in [0.29, 0.717) is 0 Å². The number of benzene rings is 5. The van der Waals surface area contributed by atoms with Crippen LogP contribution in [0.1, 0.15) is 11.1 Å². The zero-order valence-electron chi connectivity index (χ0n) is 20.9. The van der Waals surface area contributed by atoms with Crippen molar-refractivity contribution in [2.75, 3.05) is 0 Å². The molecule has 5 aromatic rings. The van der Waals surface area contributed by atoms with Crippen LogP contribution in [-0.4, -0.2) is 0 Å². The monoisotopic (exact) mass is 596 g/mol. The maximum atomic E-state index is 3.17. The molecular weight excluding hydrogens is 562 g/mol. The Morgan fingerprint density at radius 3 is 1.24 bits per heavy atom. The molecule has 5 rings (SSSR count). The molecule has 0 unspecified atom stereocenters. The van der Waals surface area contributed by atoms with Crippen LogP contribution in [0.5, 0.6) is 0 Å². The fourth-order valence-electron chi connectivity index (χ4n) is 2.57. The molecule has 34 heavy (non-hydrogen) atoms. The second-order valence-electron chi connectivity index (χ2n) is 6.54. The molecule has 0 saturated carbocycles. The largest absolute Gasteiger partial charge is 0.358 e. The van der Waals surface area contributed by atoms with E-state index in [9.17, 15) is 0 Å². The van der Waals surface area contributed by atoms with Crippen molar-refractivity contribution in [1.29, 1.82) is 0 Å². The van der Waals surface area contributed by atoms with Crippen LogP contribution in [0, 0.1) is 40.8 Å². The van der Waals surface area contributed by atoms with Gasteiger partial charge in [-0.2, -0.15) is 59.7 Å². The van der Waals surface area contributed by atoms with Gasteiger partial charge in [0.2, 0.25) is 0 Å². The Bertz CT molecular complexity index is 957. The second-order valence-corrected chi connectivity index (χ2v) is 6.54. The number of hydrogen-bond acceptors (Lipinski definition) is 0. The molecule has 0 atom stereocenters. The summed E-state index contributed by atoms with van der Waals surface area (Å²) in [4.78, 5) is 0. The normalized spacial score (nSPS) is 7.94. The molecule has 5 aromatic carbocycles. The van der Waals surface area contributed by atoms with Gasteiger partial charge >= 0.3 is 0 Å². The Morgan fingerprint density at radius 1 is 0.441 bits per heavy atom. The van der Waals surface area contributed by atoms with Gasteiger partial charge in [0.25, 0.3) is 0 Å². The molecule has 2 heteroatoms. The molecule has 0 bridgehead atoms. The molecule has 0 fully saturated rings. The molecule has 0 aliphatic rings. The quantitative estimate of drug-likeness (QED) is 0.157. The van der Waals surface area contributed by atoms with Crippen molar-refractivity contribution in [1.82, 2.24) is 0 Å². The van der Waals surface area contributed by atoms with Crippen LogP contribution in [0.4, 0.5) is 0 Å². The molecule has 0 saturated heterocycles. The van der Waals surface area contributed by atoms with Gasteiger partial charge < -0.3 is 14.9 Å². The molecule has 0 N–H and O–H groups in total. The first-order valence-corrected chi connectivity index (χ1v) is 10.1. The van der Waals surface area contributed by atoms with Crippen LogP contribution < -0.4 is 0 Å². The van der Waals surface area contributed by atoms with Gasteiger partial charge in [-0.1, -0.05) is 105 Å². The van der Waals surface area contributed by atoms with Gasteiger partial charge in [-0.05, 0) is 0 Å². The average molecular weight is 596 g/mol. The average Bonchev–Trinajstić information content (AvgIpc) is 2.84. The molecule has 2 radical (unpaired) electrons. The minimum atomic E-state index is 0. The number of rotatable bonds is 0. The summed E-state index contributed by atoms with van der Waals surface area (Å²) in [6.07, 6.45) is 0. The van der Waals surface area contributed by atoms with E-state index in [2.05, 4.69) is 49.4 Å². The topological polar surface area (TPSA) is 0 Å². The summed E-state index contributed by atoms with van der Waals surface area (Å²) in [5, 5.41) is 2.60. The fraction of sp³-hybridized carbons (Fsp3) is 0.0625. The van der Waals surface area contributed by atoms with Crippen molar-refractivity contribution >= 4 is 10.8 Å². The summed E-state index contributed by atoms with van der Waals surface area (Å²) in [5.41, 5.74) is 2.42. The van der Waals surface area contributed by atoms with E-state index in [0.717, 1.165) is 0 Å². The van der Waals surface area contributed by atoms with Crippen molar-refractivity contribution in [2.45, 2.75) is 13.8 Å². The third kappa shape index (κ3) is 17.1. The SMILES string of the molecule is Cc1[c-]ccc2ccccc12.Cc1[c-]cccc1.[CH3-].[CH3-].[Y].[Y].c1ccccc1.c1ccccc1. The van der Waals surface area contributed by atoms with Crippen LogP contribution in [0.25, 0.3) is 10.8 Å². The summed E-state index contributed by atoms with van der Waals surface area (Å²) >= 11 is 0. The first-order valence-electron chi connectivity index (χ1n) is 10.1. The minimum absolute atomic E-state index is 0. The molecule has 0 nitrogen and oxygen atoms in total. The molecule has 0 aliphatic heterocycles. The predicted molar refractivity (Wildman–Crippen MR) is 143 cm³/mol.